The molecule has 3 rings (SSSR count). The molecule has 0 radical (unpaired) electrons. The highest BCUT2D eigenvalue weighted by molar-refractivity contribution is 8.01. The molecular formula is C19H23N3O3S. The molecule has 2 amide bonds. The second-order valence-electron chi connectivity index (χ2n) is 7.03. The Hall–Kier alpha value is -2.12. The summed E-state index contributed by atoms with van der Waals surface area (Å²) in [6.45, 7) is 8.01. The van der Waals surface area contributed by atoms with Crippen LogP contribution < -0.4 is 10.6 Å². The number of carbonyl (C=O) groups is 3. The zero-order valence-electron chi connectivity index (χ0n) is 15.1. The molecule has 26 heavy (non-hydrogen) atoms. The van der Waals surface area contributed by atoms with Crippen molar-refractivity contribution in [2.75, 3.05) is 7.05 Å². The summed E-state index contributed by atoms with van der Waals surface area (Å²) in [6.07, 6.45) is 2.56. The van der Waals surface area contributed by atoms with E-state index in [0.717, 1.165) is 11.8 Å². The van der Waals surface area contributed by atoms with Crippen molar-refractivity contribution in [3.05, 3.63) is 48.0 Å². The number of benzene rings is 1. The number of nitrogens with zero attached hydrogens (tertiary/aromatic N) is 1. The average molecular weight is 373 g/mol. The molecule has 2 fully saturated rings. The zero-order valence-corrected chi connectivity index (χ0v) is 15.9. The van der Waals surface area contributed by atoms with Gasteiger partial charge in [0, 0.05) is 10.3 Å². The summed E-state index contributed by atoms with van der Waals surface area (Å²) < 4.78 is -0.130. The highest BCUT2D eigenvalue weighted by Gasteiger charge is 2.60. The van der Waals surface area contributed by atoms with Gasteiger partial charge >= 0.3 is 0 Å². The van der Waals surface area contributed by atoms with Gasteiger partial charge in [-0.3, -0.25) is 14.4 Å². The first-order chi connectivity index (χ1) is 12.3. The number of rotatable bonds is 6. The van der Waals surface area contributed by atoms with Crippen molar-refractivity contribution < 1.29 is 14.4 Å². The highest BCUT2D eigenvalue weighted by atomic mass is 32.2. The van der Waals surface area contributed by atoms with Crippen LogP contribution in [0.2, 0.25) is 0 Å². The predicted molar refractivity (Wildman–Crippen MR) is 102 cm³/mol. The molecule has 0 aliphatic carbocycles. The Morgan fingerprint density at radius 2 is 2.00 bits per heavy atom. The van der Waals surface area contributed by atoms with Crippen molar-refractivity contribution in [2.24, 2.45) is 0 Å². The third-order valence-electron chi connectivity index (χ3n) is 4.99. The largest absolute Gasteiger partial charge is 0.340 e. The summed E-state index contributed by atoms with van der Waals surface area (Å²) in [7, 11) is 1.69. The lowest BCUT2D eigenvalue weighted by atomic mass is 9.95. The number of amides is 2. The lowest BCUT2D eigenvalue weighted by Gasteiger charge is -2.44. The van der Waals surface area contributed by atoms with Crippen LogP contribution in [-0.2, 0) is 9.59 Å². The molecule has 0 saturated carbocycles. The molecule has 2 saturated heterocycles. The third-order valence-corrected chi connectivity index (χ3v) is 6.58. The summed E-state index contributed by atoms with van der Waals surface area (Å²) in [5.74, 6) is -0.331. The van der Waals surface area contributed by atoms with Gasteiger partial charge in [-0.25, -0.2) is 0 Å². The van der Waals surface area contributed by atoms with Gasteiger partial charge in [0.2, 0.25) is 11.8 Å². The molecule has 2 aliphatic rings. The van der Waals surface area contributed by atoms with Gasteiger partial charge in [-0.15, -0.1) is 18.3 Å². The Kier molecular flexibility index (Phi) is 4.94. The first-order valence-corrected chi connectivity index (χ1v) is 9.37. The van der Waals surface area contributed by atoms with Gasteiger partial charge in [0.15, 0.2) is 0 Å². The number of nitrogens with one attached hydrogen (secondary N) is 2. The Morgan fingerprint density at radius 3 is 2.54 bits per heavy atom. The van der Waals surface area contributed by atoms with E-state index in [1.807, 2.05) is 0 Å². The minimum absolute atomic E-state index is 0.0332. The monoisotopic (exact) mass is 373 g/mol. The van der Waals surface area contributed by atoms with E-state index < -0.39 is 12.1 Å². The fourth-order valence-electron chi connectivity index (χ4n) is 3.61. The van der Waals surface area contributed by atoms with Gasteiger partial charge in [0.05, 0.1) is 6.04 Å². The maximum Gasteiger partial charge on any atom is 0.249 e. The van der Waals surface area contributed by atoms with Crippen molar-refractivity contribution in [2.45, 2.75) is 42.1 Å². The number of fused-ring (bicyclic) bond motifs is 1. The van der Waals surface area contributed by atoms with Crippen LogP contribution in [0.1, 0.15) is 35.8 Å². The fourth-order valence-corrected chi connectivity index (χ4v) is 5.25. The van der Waals surface area contributed by atoms with E-state index in [1.54, 1.807) is 54.1 Å². The van der Waals surface area contributed by atoms with E-state index in [1.165, 1.54) is 0 Å². The van der Waals surface area contributed by atoms with Crippen LogP contribution in [0.5, 0.6) is 0 Å². The predicted octanol–water partition coefficient (Wildman–Crippen LogP) is 1.49. The molecule has 138 valence electrons. The number of carbonyl (C=O) groups excluding carboxylic acids is 3. The average Bonchev–Trinajstić information content (AvgIpc) is 2.88. The van der Waals surface area contributed by atoms with Gasteiger partial charge in [-0.2, -0.15) is 0 Å². The molecular weight excluding hydrogens is 350 g/mol. The zero-order chi connectivity index (χ0) is 19.1. The maximum atomic E-state index is 12.7. The van der Waals surface area contributed by atoms with Gasteiger partial charge in [0.1, 0.15) is 23.7 Å². The Bertz CT molecular complexity index is 747. The first kappa shape index (κ1) is 18.7. The smallest absolute Gasteiger partial charge is 0.249 e. The standard InChI is InChI=1S/C19H23N3O3S/c1-5-13-19(2,3)26-18-15(17(25)22(13)18)21-16(24)14(20-4)12-8-6-11(10-23)7-9-12/h5-10,13-15,18,20H,1H2,2-4H3,(H,21,24). The summed E-state index contributed by atoms with van der Waals surface area (Å²) in [4.78, 5) is 37.9. The van der Waals surface area contributed by atoms with Crippen LogP contribution in [0.4, 0.5) is 0 Å². The van der Waals surface area contributed by atoms with Gasteiger partial charge < -0.3 is 15.5 Å². The van der Waals surface area contributed by atoms with Gasteiger partial charge in [-0.05, 0) is 26.5 Å². The van der Waals surface area contributed by atoms with E-state index in [9.17, 15) is 14.4 Å². The summed E-state index contributed by atoms with van der Waals surface area (Å²) >= 11 is 1.68. The quantitative estimate of drug-likeness (QED) is 0.449. The van der Waals surface area contributed by atoms with E-state index in [2.05, 4.69) is 31.1 Å². The molecule has 1 aromatic carbocycles. The number of β-lactam (4-membered cyclic amide) rings is 1. The van der Waals surface area contributed by atoms with Crippen LogP contribution in [0.25, 0.3) is 0 Å². The molecule has 7 heteroatoms. The topological polar surface area (TPSA) is 78.5 Å². The first-order valence-electron chi connectivity index (χ1n) is 8.49. The van der Waals surface area contributed by atoms with Crippen molar-refractivity contribution in [3.63, 3.8) is 0 Å². The van der Waals surface area contributed by atoms with Gasteiger partial charge in [0.25, 0.3) is 0 Å². The molecule has 0 aromatic heterocycles. The molecule has 4 atom stereocenters. The lowest BCUT2D eigenvalue weighted by molar-refractivity contribution is -0.150. The minimum Gasteiger partial charge on any atom is -0.340 e. The third kappa shape index (κ3) is 2.95. The number of aldehydes is 1. The summed E-state index contributed by atoms with van der Waals surface area (Å²) in [6, 6.07) is 5.66. The maximum absolute atomic E-state index is 12.7. The molecule has 2 heterocycles. The molecule has 1 aromatic rings. The Balaban J connectivity index is 1.72. The molecule has 6 nitrogen and oxygen atoms in total. The normalized spacial score (nSPS) is 27.3. The second kappa shape index (κ2) is 6.89. The summed E-state index contributed by atoms with van der Waals surface area (Å²) in [5.41, 5.74) is 1.29. The van der Waals surface area contributed by atoms with E-state index in [-0.39, 0.29) is 28.0 Å². The van der Waals surface area contributed by atoms with Crippen molar-refractivity contribution in [1.82, 2.24) is 15.5 Å². The van der Waals surface area contributed by atoms with Crippen molar-refractivity contribution >= 4 is 29.9 Å². The second-order valence-corrected chi connectivity index (χ2v) is 8.80. The molecule has 0 bridgehead atoms. The van der Waals surface area contributed by atoms with E-state index >= 15 is 0 Å². The number of hydrogen-bond donors (Lipinski definition) is 2. The van der Waals surface area contributed by atoms with Crippen LogP contribution in [0.15, 0.2) is 36.9 Å². The lowest BCUT2D eigenvalue weighted by Crippen LogP contribution is -2.69. The fraction of sp³-hybridized carbons (Fsp3) is 0.421. The van der Waals surface area contributed by atoms with E-state index in [4.69, 9.17) is 0 Å². The van der Waals surface area contributed by atoms with Gasteiger partial charge in [-0.1, -0.05) is 30.3 Å². The Labute approximate surface area is 157 Å². The molecule has 4 unspecified atom stereocenters. The molecule has 2 aliphatic heterocycles. The highest BCUT2D eigenvalue weighted by Crippen LogP contribution is 2.51. The molecule has 0 spiro atoms. The van der Waals surface area contributed by atoms with Crippen LogP contribution in [-0.4, -0.2) is 52.3 Å². The van der Waals surface area contributed by atoms with Crippen LogP contribution in [0.3, 0.4) is 0 Å². The Morgan fingerprint density at radius 1 is 1.35 bits per heavy atom. The van der Waals surface area contributed by atoms with Crippen molar-refractivity contribution in [1.29, 1.82) is 0 Å². The summed E-state index contributed by atoms with van der Waals surface area (Å²) in [5, 5.41) is 5.78. The van der Waals surface area contributed by atoms with E-state index in [0.29, 0.717) is 5.56 Å². The number of likely N-dealkylation sites (N-methyl/N-ethyl adjacent to an activating group) is 1. The number of hydrogen-bond acceptors (Lipinski definition) is 5. The minimum atomic E-state index is -0.591. The molecule has 2 N–H and O–H groups in total. The van der Waals surface area contributed by atoms with Crippen molar-refractivity contribution in [3.8, 4) is 0 Å². The number of thioether (sulfide) groups is 1. The SMILES string of the molecule is C=CC1N2C(=O)C(NC(=O)C(NC)c3ccc(C=O)cc3)C2SC1(C)C. The van der Waals surface area contributed by atoms with Crippen LogP contribution in [0, 0.1) is 0 Å². The van der Waals surface area contributed by atoms with Crippen LogP contribution >= 0.6 is 11.8 Å².